The lowest BCUT2D eigenvalue weighted by atomic mass is 9.98. The second-order valence-electron chi connectivity index (χ2n) is 8.23. The molecule has 1 aliphatic rings. The minimum Gasteiger partial charge on any atom is -0.394 e. The first-order valence-corrected chi connectivity index (χ1v) is 12.3. The van der Waals surface area contributed by atoms with Gasteiger partial charge in [-0.2, -0.15) is 0 Å². The lowest BCUT2D eigenvalue weighted by Gasteiger charge is -2.36. The number of aromatic nitrogens is 3. The van der Waals surface area contributed by atoms with Gasteiger partial charge in [0.05, 0.1) is 35.9 Å². The molecule has 3 aromatic rings. The van der Waals surface area contributed by atoms with Crippen LogP contribution in [-0.4, -0.2) is 53.4 Å². The van der Waals surface area contributed by atoms with Crippen molar-refractivity contribution in [2.24, 2.45) is 0 Å². The van der Waals surface area contributed by atoms with E-state index in [1.165, 1.54) is 6.07 Å². The van der Waals surface area contributed by atoms with Crippen LogP contribution in [0, 0.1) is 12.7 Å². The van der Waals surface area contributed by atoms with Crippen molar-refractivity contribution in [1.29, 1.82) is 0 Å². The van der Waals surface area contributed by atoms with Crippen LogP contribution in [0.2, 0.25) is 0 Å². The zero-order chi connectivity index (χ0) is 23.4. The summed E-state index contributed by atoms with van der Waals surface area (Å²) in [6.07, 6.45) is 2.65. The summed E-state index contributed by atoms with van der Waals surface area (Å²) in [6, 6.07) is 12.5. The predicted molar refractivity (Wildman–Crippen MR) is 120 cm³/mol. The molecule has 0 radical (unpaired) electrons. The molecule has 1 aliphatic heterocycles. The fraction of sp³-hybridized carbons (Fsp3) is 0.391. The minimum atomic E-state index is -3.71. The molecule has 0 bridgehead atoms. The number of nitrogens with zero attached hydrogens (tertiary/aromatic N) is 3. The third-order valence-corrected chi connectivity index (χ3v) is 7.31. The number of ether oxygens (including phenoxy) is 1. The van der Waals surface area contributed by atoms with Gasteiger partial charge >= 0.3 is 0 Å². The smallest absolute Gasteiger partial charge is 0.240 e. The van der Waals surface area contributed by atoms with Gasteiger partial charge in [0.15, 0.2) is 0 Å². The molecule has 0 unspecified atom stereocenters. The van der Waals surface area contributed by atoms with Crippen LogP contribution in [0.25, 0.3) is 11.3 Å². The Morgan fingerprint density at radius 3 is 2.67 bits per heavy atom. The van der Waals surface area contributed by atoms with Crippen molar-refractivity contribution in [3.63, 3.8) is 0 Å². The maximum Gasteiger partial charge on any atom is 0.240 e. The van der Waals surface area contributed by atoms with E-state index in [4.69, 9.17) is 4.74 Å². The van der Waals surface area contributed by atoms with Crippen molar-refractivity contribution in [3.05, 3.63) is 66.1 Å². The average molecular weight is 475 g/mol. The van der Waals surface area contributed by atoms with Crippen molar-refractivity contribution < 1.29 is 22.7 Å². The van der Waals surface area contributed by atoms with E-state index in [9.17, 15) is 17.9 Å². The van der Waals surface area contributed by atoms with Gasteiger partial charge in [-0.15, -0.1) is 5.10 Å². The van der Waals surface area contributed by atoms with Crippen LogP contribution >= 0.6 is 0 Å². The normalized spacial score (nSPS) is 21.2. The summed E-state index contributed by atoms with van der Waals surface area (Å²) in [7, 11) is -3.71. The van der Waals surface area contributed by atoms with E-state index in [2.05, 4.69) is 15.0 Å². The summed E-state index contributed by atoms with van der Waals surface area (Å²) < 4.78 is 49.7. The number of rotatable bonds is 8. The number of benzene rings is 2. The lowest BCUT2D eigenvalue weighted by Crippen LogP contribution is -2.50. The number of nitrogens with one attached hydrogen (secondary N) is 1. The third kappa shape index (κ3) is 5.64. The van der Waals surface area contributed by atoms with Crippen LogP contribution in [-0.2, 0) is 21.3 Å². The van der Waals surface area contributed by atoms with Gasteiger partial charge in [0.2, 0.25) is 10.0 Å². The van der Waals surface area contributed by atoms with Gasteiger partial charge in [0.25, 0.3) is 0 Å². The fourth-order valence-corrected chi connectivity index (χ4v) is 5.24. The van der Waals surface area contributed by atoms with Crippen LogP contribution in [0.15, 0.2) is 59.6 Å². The molecule has 0 amide bonds. The van der Waals surface area contributed by atoms with Gasteiger partial charge in [-0.3, -0.25) is 4.68 Å². The summed E-state index contributed by atoms with van der Waals surface area (Å²) in [4.78, 5) is 0.184. The molecular formula is C23H27FN4O4S. The summed E-state index contributed by atoms with van der Waals surface area (Å²) >= 11 is 0. The Morgan fingerprint density at radius 1 is 1.18 bits per heavy atom. The second kappa shape index (κ2) is 10.1. The summed E-state index contributed by atoms with van der Waals surface area (Å²) in [5.41, 5.74) is 1.82. The predicted octanol–water partition coefficient (Wildman–Crippen LogP) is 2.67. The number of aliphatic hydroxyl groups excluding tert-OH is 1. The Morgan fingerprint density at radius 2 is 1.94 bits per heavy atom. The zero-order valence-electron chi connectivity index (χ0n) is 18.3. The van der Waals surface area contributed by atoms with E-state index in [0.717, 1.165) is 5.56 Å². The van der Waals surface area contributed by atoms with E-state index in [1.807, 2.05) is 6.92 Å². The van der Waals surface area contributed by atoms with Crippen LogP contribution in [0.4, 0.5) is 4.39 Å². The van der Waals surface area contributed by atoms with Gasteiger partial charge < -0.3 is 9.84 Å². The van der Waals surface area contributed by atoms with Crippen molar-refractivity contribution in [3.8, 4) is 11.3 Å². The molecule has 8 nitrogen and oxygen atoms in total. The Balaban J connectivity index is 1.34. The van der Waals surface area contributed by atoms with Crippen LogP contribution in [0.3, 0.4) is 0 Å². The van der Waals surface area contributed by atoms with Gasteiger partial charge in [-0.25, -0.2) is 17.5 Å². The molecule has 1 aromatic heterocycles. The first kappa shape index (κ1) is 23.5. The van der Waals surface area contributed by atoms with Gasteiger partial charge in [-0.05, 0) is 50.5 Å². The van der Waals surface area contributed by atoms with Crippen LogP contribution in [0.5, 0.6) is 0 Å². The highest BCUT2D eigenvalue weighted by atomic mass is 32.2. The minimum absolute atomic E-state index is 0.164. The van der Waals surface area contributed by atoms with Gasteiger partial charge in [0.1, 0.15) is 11.5 Å². The number of sulfonamides is 1. The summed E-state index contributed by atoms with van der Waals surface area (Å²) in [5, 5.41) is 17.9. The maximum absolute atomic E-state index is 14.0. The second-order valence-corrected chi connectivity index (χ2v) is 9.95. The molecule has 4 rings (SSSR count). The van der Waals surface area contributed by atoms with E-state index in [1.54, 1.807) is 53.3 Å². The van der Waals surface area contributed by atoms with Crippen LogP contribution in [0.1, 0.15) is 24.8 Å². The van der Waals surface area contributed by atoms with Gasteiger partial charge in [-0.1, -0.05) is 35.0 Å². The van der Waals surface area contributed by atoms with Gasteiger partial charge in [0, 0.05) is 12.1 Å². The summed E-state index contributed by atoms with van der Waals surface area (Å²) in [5.74, 6) is -0.356. The number of hydrogen-bond acceptors (Lipinski definition) is 6. The molecule has 10 heteroatoms. The molecule has 1 fully saturated rings. The molecule has 2 N–H and O–H groups in total. The summed E-state index contributed by atoms with van der Waals surface area (Å²) in [6.45, 7) is 2.10. The molecule has 0 spiro atoms. The highest BCUT2D eigenvalue weighted by molar-refractivity contribution is 7.89. The van der Waals surface area contributed by atoms with Crippen molar-refractivity contribution >= 4 is 10.0 Å². The lowest BCUT2D eigenvalue weighted by molar-refractivity contribution is -0.0891. The largest absolute Gasteiger partial charge is 0.394 e. The SMILES string of the molecule is Cc1ccc(S(=O)(=O)N[C@H]2CC[C@@H](CCn3cc(-c4ccccc4F)nn3)O[C@@H]2CO)cc1. The number of halogens is 1. The topological polar surface area (TPSA) is 106 Å². The van der Waals surface area contributed by atoms with E-state index in [-0.39, 0.29) is 23.4 Å². The molecule has 33 heavy (non-hydrogen) atoms. The van der Waals surface area contributed by atoms with Crippen molar-refractivity contribution in [2.75, 3.05) is 6.61 Å². The van der Waals surface area contributed by atoms with Crippen molar-refractivity contribution in [1.82, 2.24) is 19.7 Å². The number of hydrogen-bond donors (Lipinski definition) is 2. The Hall–Kier alpha value is -2.66. The Labute approximate surface area is 192 Å². The first-order chi connectivity index (χ1) is 15.9. The van der Waals surface area contributed by atoms with Crippen LogP contribution < -0.4 is 4.72 Å². The van der Waals surface area contributed by atoms with E-state index < -0.39 is 22.2 Å². The Bertz CT molecular complexity index is 1180. The van der Waals surface area contributed by atoms with E-state index >= 15 is 0 Å². The quantitative estimate of drug-likeness (QED) is 0.520. The fourth-order valence-electron chi connectivity index (χ4n) is 3.94. The standard InChI is InChI=1S/C23H27FN4O4S/c1-16-6-9-18(10-7-16)33(30,31)26-21-11-8-17(32-23(21)15-29)12-13-28-14-22(25-27-28)19-4-2-3-5-20(19)24/h2-7,9-10,14,17,21,23,26,29H,8,11-13,15H2,1H3/t17-,21-,23+/m0/s1. The molecule has 2 aromatic carbocycles. The highest BCUT2D eigenvalue weighted by Gasteiger charge is 2.34. The molecule has 2 heterocycles. The number of aliphatic hydroxyl groups is 1. The number of aryl methyl sites for hydroxylation is 2. The zero-order valence-corrected chi connectivity index (χ0v) is 19.1. The third-order valence-electron chi connectivity index (χ3n) is 5.80. The highest BCUT2D eigenvalue weighted by Crippen LogP contribution is 2.25. The molecule has 3 atom stereocenters. The first-order valence-electron chi connectivity index (χ1n) is 10.9. The average Bonchev–Trinajstić information content (AvgIpc) is 3.27. The maximum atomic E-state index is 14.0. The molecule has 1 saturated heterocycles. The molecule has 0 aliphatic carbocycles. The molecule has 0 saturated carbocycles. The van der Waals surface area contributed by atoms with Crippen molar-refractivity contribution in [2.45, 2.75) is 55.9 Å². The van der Waals surface area contributed by atoms with E-state index in [0.29, 0.717) is 37.1 Å². The molecular weight excluding hydrogens is 447 g/mol. The molecule has 176 valence electrons. The monoisotopic (exact) mass is 474 g/mol. The Kier molecular flexibility index (Phi) is 7.18.